The Morgan fingerprint density at radius 2 is 2.06 bits per heavy atom. The summed E-state index contributed by atoms with van der Waals surface area (Å²) in [6, 6.07) is 0. The third-order valence-corrected chi connectivity index (χ3v) is 4.67. The standard InChI is InChI=1S/C13H26N2OS/c1-4-13(5-2)11-17-12(15-13)14-9-7-6-8-10-16-3/h4-11H2,1-3H3,(H,14,15). The molecule has 0 aliphatic carbocycles. The van der Waals surface area contributed by atoms with Crippen LogP contribution in [0.25, 0.3) is 0 Å². The quantitative estimate of drug-likeness (QED) is 0.679. The van der Waals surface area contributed by atoms with Crippen LogP contribution in [-0.2, 0) is 4.74 Å². The van der Waals surface area contributed by atoms with E-state index >= 15 is 0 Å². The fraction of sp³-hybridized carbons (Fsp3) is 0.923. The van der Waals surface area contributed by atoms with E-state index in [4.69, 9.17) is 4.74 Å². The molecule has 4 heteroatoms. The summed E-state index contributed by atoms with van der Waals surface area (Å²) in [7, 11) is 1.76. The number of unbranched alkanes of at least 4 members (excludes halogenated alkanes) is 2. The van der Waals surface area contributed by atoms with Crippen LogP contribution in [0.2, 0.25) is 0 Å². The highest BCUT2D eigenvalue weighted by Crippen LogP contribution is 2.28. The Morgan fingerprint density at radius 3 is 2.65 bits per heavy atom. The maximum absolute atomic E-state index is 5.03. The molecule has 0 unspecified atom stereocenters. The van der Waals surface area contributed by atoms with Gasteiger partial charge in [-0.1, -0.05) is 25.6 Å². The first-order valence-electron chi connectivity index (χ1n) is 6.70. The van der Waals surface area contributed by atoms with Crippen molar-refractivity contribution >= 4 is 16.9 Å². The minimum atomic E-state index is 0.305. The number of rotatable bonds is 8. The van der Waals surface area contributed by atoms with Gasteiger partial charge in [-0.05, 0) is 32.1 Å². The summed E-state index contributed by atoms with van der Waals surface area (Å²) < 4.78 is 5.03. The first-order chi connectivity index (χ1) is 8.26. The van der Waals surface area contributed by atoms with Crippen LogP contribution in [0, 0.1) is 0 Å². The average Bonchev–Trinajstić information content (AvgIpc) is 2.78. The summed E-state index contributed by atoms with van der Waals surface area (Å²) in [5, 5.41) is 4.75. The molecule has 0 bridgehead atoms. The third kappa shape index (κ3) is 4.88. The monoisotopic (exact) mass is 258 g/mol. The van der Waals surface area contributed by atoms with Crippen LogP contribution >= 0.6 is 11.8 Å². The molecule has 1 aliphatic rings. The van der Waals surface area contributed by atoms with Gasteiger partial charge in [0.1, 0.15) is 0 Å². The van der Waals surface area contributed by atoms with Gasteiger partial charge < -0.3 is 10.1 Å². The Labute approximate surface area is 110 Å². The number of aliphatic imine (C=N–C) groups is 1. The number of thioether (sulfide) groups is 1. The molecule has 0 amide bonds. The molecule has 0 saturated carbocycles. The van der Waals surface area contributed by atoms with E-state index in [0.717, 1.165) is 24.7 Å². The number of nitrogens with one attached hydrogen (secondary N) is 1. The topological polar surface area (TPSA) is 33.6 Å². The average molecular weight is 258 g/mol. The number of amidine groups is 1. The minimum Gasteiger partial charge on any atom is -0.385 e. The molecular formula is C13H26N2OS. The third-order valence-electron chi connectivity index (χ3n) is 3.47. The van der Waals surface area contributed by atoms with Crippen molar-refractivity contribution in [1.29, 1.82) is 0 Å². The van der Waals surface area contributed by atoms with Gasteiger partial charge in [0.05, 0.1) is 0 Å². The van der Waals surface area contributed by atoms with Crippen LogP contribution in [-0.4, -0.2) is 36.7 Å². The van der Waals surface area contributed by atoms with Crippen molar-refractivity contribution in [1.82, 2.24) is 5.32 Å². The molecule has 0 atom stereocenters. The first kappa shape index (κ1) is 14.8. The second-order valence-corrected chi connectivity index (χ2v) is 5.61. The summed E-state index contributed by atoms with van der Waals surface area (Å²) >= 11 is 1.88. The number of hydrogen-bond acceptors (Lipinski definition) is 3. The van der Waals surface area contributed by atoms with Crippen LogP contribution in [0.5, 0.6) is 0 Å². The van der Waals surface area contributed by atoms with E-state index in [1.807, 2.05) is 11.8 Å². The maximum Gasteiger partial charge on any atom is 0.157 e. The normalized spacial score (nSPS) is 20.8. The van der Waals surface area contributed by atoms with Crippen LogP contribution in [0.3, 0.4) is 0 Å². The van der Waals surface area contributed by atoms with E-state index in [2.05, 4.69) is 24.2 Å². The van der Waals surface area contributed by atoms with E-state index < -0.39 is 0 Å². The van der Waals surface area contributed by atoms with Gasteiger partial charge in [0, 0.05) is 31.6 Å². The van der Waals surface area contributed by atoms with Gasteiger partial charge in [0.15, 0.2) is 5.17 Å². The zero-order valence-corrected chi connectivity index (χ0v) is 12.2. The predicted molar refractivity (Wildman–Crippen MR) is 76.9 cm³/mol. The largest absolute Gasteiger partial charge is 0.385 e. The molecule has 0 aromatic carbocycles. The lowest BCUT2D eigenvalue weighted by Gasteiger charge is -2.25. The van der Waals surface area contributed by atoms with Gasteiger partial charge >= 0.3 is 0 Å². The van der Waals surface area contributed by atoms with Crippen LogP contribution in [0.15, 0.2) is 4.99 Å². The molecule has 3 nitrogen and oxygen atoms in total. The van der Waals surface area contributed by atoms with E-state index in [1.165, 1.54) is 31.4 Å². The van der Waals surface area contributed by atoms with Crippen LogP contribution in [0.1, 0.15) is 46.0 Å². The zero-order valence-electron chi connectivity index (χ0n) is 11.4. The van der Waals surface area contributed by atoms with Crippen LogP contribution < -0.4 is 5.32 Å². The molecule has 17 heavy (non-hydrogen) atoms. The van der Waals surface area contributed by atoms with Crippen molar-refractivity contribution in [3.05, 3.63) is 0 Å². The van der Waals surface area contributed by atoms with E-state index in [1.54, 1.807) is 7.11 Å². The molecule has 0 aromatic rings. The van der Waals surface area contributed by atoms with E-state index in [-0.39, 0.29) is 0 Å². The van der Waals surface area contributed by atoms with Crippen molar-refractivity contribution in [2.45, 2.75) is 51.5 Å². The fourth-order valence-corrected chi connectivity index (χ4v) is 3.30. The second-order valence-electron chi connectivity index (χ2n) is 4.64. The number of nitrogens with zero attached hydrogens (tertiary/aromatic N) is 1. The molecule has 1 rings (SSSR count). The summed E-state index contributed by atoms with van der Waals surface area (Å²) in [6.45, 7) is 6.33. The smallest absolute Gasteiger partial charge is 0.157 e. The van der Waals surface area contributed by atoms with Gasteiger partial charge in [-0.2, -0.15) is 0 Å². The molecule has 1 heterocycles. The molecule has 100 valence electrons. The van der Waals surface area contributed by atoms with Crippen molar-refractivity contribution in [2.24, 2.45) is 4.99 Å². The Hall–Kier alpha value is -0.220. The van der Waals surface area contributed by atoms with Crippen molar-refractivity contribution < 1.29 is 4.74 Å². The Balaban J connectivity index is 2.19. The van der Waals surface area contributed by atoms with Crippen molar-refractivity contribution in [2.75, 3.05) is 26.0 Å². The molecule has 1 N–H and O–H groups in total. The highest BCUT2D eigenvalue weighted by atomic mass is 32.2. The van der Waals surface area contributed by atoms with E-state index in [9.17, 15) is 0 Å². The molecule has 1 aliphatic heterocycles. The Bertz CT molecular complexity index is 240. The van der Waals surface area contributed by atoms with Crippen molar-refractivity contribution in [3.63, 3.8) is 0 Å². The minimum absolute atomic E-state index is 0.305. The predicted octanol–water partition coefficient (Wildman–Crippen LogP) is 3.05. The molecule has 0 spiro atoms. The van der Waals surface area contributed by atoms with Gasteiger partial charge in [-0.25, -0.2) is 0 Å². The zero-order chi connectivity index (χ0) is 12.6. The number of ether oxygens (including phenoxy) is 1. The second kappa shape index (κ2) is 7.98. The maximum atomic E-state index is 5.03. The number of hydrogen-bond donors (Lipinski definition) is 1. The van der Waals surface area contributed by atoms with Gasteiger partial charge in [0.2, 0.25) is 0 Å². The molecule has 0 aromatic heterocycles. The highest BCUT2D eigenvalue weighted by Gasteiger charge is 2.33. The summed E-state index contributed by atoms with van der Waals surface area (Å²) in [5.41, 5.74) is 0.305. The van der Waals surface area contributed by atoms with Gasteiger partial charge in [-0.3, -0.25) is 4.99 Å². The molecule has 1 fully saturated rings. The lowest BCUT2D eigenvalue weighted by molar-refractivity contribution is 0.192. The van der Waals surface area contributed by atoms with Gasteiger partial charge in [0.25, 0.3) is 0 Å². The van der Waals surface area contributed by atoms with Crippen molar-refractivity contribution in [3.8, 4) is 0 Å². The lowest BCUT2D eigenvalue weighted by atomic mass is 9.96. The lowest BCUT2D eigenvalue weighted by Crippen LogP contribution is -2.42. The van der Waals surface area contributed by atoms with Crippen LogP contribution in [0.4, 0.5) is 0 Å². The molecule has 0 radical (unpaired) electrons. The summed E-state index contributed by atoms with van der Waals surface area (Å²) in [5.74, 6) is 1.17. The number of methoxy groups -OCH3 is 1. The Kier molecular flexibility index (Phi) is 6.97. The highest BCUT2D eigenvalue weighted by molar-refractivity contribution is 8.14. The summed E-state index contributed by atoms with van der Waals surface area (Å²) in [6.07, 6.45) is 5.89. The molecule has 1 saturated heterocycles. The SMILES string of the molecule is CCC1(CC)CSC(=NCCCCCOC)N1. The summed E-state index contributed by atoms with van der Waals surface area (Å²) in [4.78, 5) is 4.64. The fourth-order valence-electron chi connectivity index (χ4n) is 1.94. The van der Waals surface area contributed by atoms with E-state index in [0.29, 0.717) is 5.54 Å². The molecular weight excluding hydrogens is 232 g/mol. The van der Waals surface area contributed by atoms with Gasteiger partial charge in [-0.15, -0.1) is 0 Å². The first-order valence-corrected chi connectivity index (χ1v) is 7.69. The Morgan fingerprint density at radius 1 is 1.29 bits per heavy atom.